The van der Waals surface area contributed by atoms with E-state index in [0.717, 1.165) is 0 Å². The van der Waals surface area contributed by atoms with Crippen molar-refractivity contribution in [2.45, 2.75) is 20.8 Å². The predicted molar refractivity (Wildman–Crippen MR) is 128 cm³/mol. The zero-order valence-electron chi connectivity index (χ0n) is 18.5. The first-order valence-electron chi connectivity index (χ1n) is 10.2. The van der Waals surface area contributed by atoms with Crippen molar-refractivity contribution in [1.29, 1.82) is 0 Å². The summed E-state index contributed by atoms with van der Waals surface area (Å²) in [6.07, 6.45) is 0. The van der Waals surface area contributed by atoms with Crippen LogP contribution >= 0.6 is 0 Å². The third-order valence-corrected chi connectivity index (χ3v) is 4.51. The second-order valence-electron chi connectivity index (χ2n) is 7.41. The Bertz CT molecular complexity index is 963. The third-order valence-electron chi connectivity index (χ3n) is 4.51. The SMILES string of the molecule is Cc1ccc(C)cc1.Cc1ccc(O)cc1.O=C(c1ccc(O)cc1)c1ccc(O)cc1. The molecule has 0 saturated carbocycles. The van der Waals surface area contributed by atoms with Gasteiger partial charge in [0.1, 0.15) is 17.2 Å². The molecular formula is C28H28O4. The first kappa shape index (κ1) is 24.2. The lowest BCUT2D eigenvalue weighted by molar-refractivity contribution is 0.103. The highest BCUT2D eigenvalue weighted by atomic mass is 16.3. The molecule has 32 heavy (non-hydrogen) atoms. The molecule has 4 aromatic rings. The van der Waals surface area contributed by atoms with Gasteiger partial charge < -0.3 is 15.3 Å². The molecule has 0 spiro atoms. The average molecular weight is 429 g/mol. The summed E-state index contributed by atoms with van der Waals surface area (Å²) in [5.41, 5.74) is 4.83. The van der Waals surface area contributed by atoms with Gasteiger partial charge in [-0.1, -0.05) is 53.1 Å². The van der Waals surface area contributed by atoms with Gasteiger partial charge in [0.2, 0.25) is 0 Å². The molecule has 4 heteroatoms. The van der Waals surface area contributed by atoms with Crippen LogP contribution in [0, 0.1) is 20.8 Å². The lowest BCUT2D eigenvalue weighted by Gasteiger charge is -2.01. The van der Waals surface area contributed by atoms with E-state index in [9.17, 15) is 4.79 Å². The van der Waals surface area contributed by atoms with Gasteiger partial charge in [0.25, 0.3) is 0 Å². The fourth-order valence-corrected chi connectivity index (χ4v) is 2.57. The van der Waals surface area contributed by atoms with Crippen LogP contribution in [0.4, 0.5) is 0 Å². The van der Waals surface area contributed by atoms with Gasteiger partial charge in [0.15, 0.2) is 5.78 Å². The summed E-state index contributed by atoms with van der Waals surface area (Å²) < 4.78 is 0. The van der Waals surface area contributed by atoms with E-state index in [1.165, 1.54) is 41.0 Å². The maximum atomic E-state index is 11.9. The molecule has 0 aliphatic rings. The van der Waals surface area contributed by atoms with Gasteiger partial charge >= 0.3 is 0 Å². The summed E-state index contributed by atoms with van der Waals surface area (Å²) >= 11 is 0. The molecule has 0 atom stereocenters. The van der Waals surface area contributed by atoms with Crippen LogP contribution in [0.3, 0.4) is 0 Å². The average Bonchev–Trinajstić information content (AvgIpc) is 2.79. The molecule has 0 aliphatic carbocycles. The summed E-state index contributed by atoms with van der Waals surface area (Å²) in [6, 6.07) is 27.7. The van der Waals surface area contributed by atoms with E-state index in [0.29, 0.717) is 16.9 Å². The van der Waals surface area contributed by atoms with Crippen LogP contribution < -0.4 is 0 Å². The molecular weight excluding hydrogens is 400 g/mol. The number of carbonyl (C=O) groups excluding carboxylic acids is 1. The zero-order valence-corrected chi connectivity index (χ0v) is 18.5. The summed E-state index contributed by atoms with van der Waals surface area (Å²) in [5, 5.41) is 27.0. The smallest absolute Gasteiger partial charge is 0.193 e. The van der Waals surface area contributed by atoms with Crippen molar-refractivity contribution in [3.63, 3.8) is 0 Å². The van der Waals surface area contributed by atoms with Crippen molar-refractivity contribution < 1.29 is 20.1 Å². The fourth-order valence-electron chi connectivity index (χ4n) is 2.57. The molecule has 0 fully saturated rings. The van der Waals surface area contributed by atoms with E-state index in [1.807, 2.05) is 19.1 Å². The summed E-state index contributed by atoms with van der Waals surface area (Å²) in [6.45, 7) is 6.18. The number of carbonyl (C=O) groups is 1. The predicted octanol–water partition coefficient (Wildman–Crippen LogP) is 6.33. The number of ketones is 1. The Hall–Kier alpha value is -4.05. The monoisotopic (exact) mass is 428 g/mol. The number of phenolic OH excluding ortho intramolecular Hbond substituents is 3. The second-order valence-corrected chi connectivity index (χ2v) is 7.41. The van der Waals surface area contributed by atoms with Crippen LogP contribution in [0.2, 0.25) is 0 Å². The minimum absolute atomic E-state index is 0.127. The van der Waals surface area contributed by atoms with E-state index in [2.05, 4.69) is 38.1 Å². The molecule has 4 rings (SSSR count). The molecule has 0 heterocycles. The van der Waals surface area contributed by atoms with E-state index in [1.54, 1.807) is 36.4 Å². The molecule has 0 bridgehead atoms. The van der Waals surface area contributed by atoms with Crippen LogP contribution in [-0.2, 0) is 0 Å². The van der Waals surface area contributed by atoms with Gasteiger partial charge in [-0.2, -0.15) is 0 Å². The molecule has 3 N–H and O–H groups in total. The van der Waals surface area contributed by atoms with Gasteiger partial charge in [-0.15, -0.1) is 0 Å². The van der Waals surface area contributed by atoms with E-state index in [-0.39, 0.29) is 17.3 Å². The van der Waals surface area contributed by atoms with Crippen molar-refractivity contribution in [2.24, 2.45) is 0 Å². The highest BCUT2D eigenvalue weighted by Crippen LogP contribution is 2.16. The summed E-state index contributed by atoms with van der Waals surface area (Å²) in [4.78, 5) is 11.9. The number of benzene rings is 4. The third kappa shape index (κ3) is 8.36. The molecule has 0 amide bonds. The quantitative estimate of drug-likeness (QED) is 0.326. The highest BCUT2D eigenvalue weighted by Gasteiger charge is 2.08. The molecule has 0 saturated heterocycles. The minimum Gasteiger partial charge on any atom is -0.508 e. The summed E-state index contributed by atoms with van der Waals surface area (Å²) in [7, 11) is 0. The molecule has 0 aromatic heterocycles. The Morgan fingerprint density at radius 1 is 0.438 bits per heavy atom. The second kappa shape index (κ2) is 12.0. The van der Waals surface area contributed by atoms with Crippen molar-refractivity contribution >= 4 is 5.78 Å². The minimum atomic E-state index is -0.139. The van der Waals surface area contributed by atoms with Crippen molar-refractivity contribution in [1.82, 2.24) is 0 Å². The Morgan fingerprint density at radius 2 is 0.656 bits per heavy atom. The zero-order chi connectivity index (χ0) is 23.5. The number of aromatic hydroxyl groups is 3. The van der Waals surface area contributed by atoms with Crippen LogP contribution in [0.25, 0.3) is 0 Å². The van der Waals surface area contributed by atoms with Crippen LogP contribution in [0.15, 0.2) is 97.1 Å². The van der Waals surface area contributed by atoms with Crippen LogP contribution in [0.5, 0.6) is 17.2 Å². The summed E-state index contributed by atoms with van der Waals surface area (Å²) in [5.74, 6) is 0.445. The highest BCUT2D eigenvalue weighted by molar-refractivity contribution is 6.09. The molecule has 0 aliphatic heterocycles. The molecule has 0 radical (unpaired) electrons. The number of hydrogen-bond acceptors (Lipinski definition) is 4. The Labute approximate surface area is 189 Å². The fraction of sp³-hybridized carbons (Fsp3) is 0.107. The standard InChI is InChI=1S/C13H10O3.C8H10.C7H8O/c14-11-5-1-9(2-6-11)13(16)10-3-7-12(15)8-4-10;1-7-3-5-8(2)6-4-7;1-6-2-4-7(8)5-3-6/h1-8,14-15H;3-6H,1-2H3;2-5,8H,1H3. The lowest BCUT2D eigenvalue weighted by Crippen LogP contribution is -2.00. The Kier molecular flexibility index (Phi) is 9.05. The Morgan fingerprint density at radius 3 is 0.906 bits per heavy atom. The molecule has 4 aromatic carbocycles. The van der Waals surface area contributed by atoms with Gasteiger partial charge in [0, 0.05) is 11.1 Å². The van der Waals surface area contributed by atoms with Crippen molar-refractivity contribution in [3.05, 3.63) is 125 Å². The lowest BCUT2D eigenvalue weighted by atomic mass is 10.0. The van der Waals surface area contributed by atoms with E-state index >= 15 is 0 Å². The van der Waals surface area contributed by atoms with Crippen molar-refractivity contribution in [2.75, 3.05) is 0 Å². The largest absolute Gasteiger partial charge is 0.508 e. The van der Waals surface area contributed by atoms with Gasteiger partial charge in [-0.3, -0.25) is 4.79 Å². The van der Waals surface area contributed by atoms with Crippen molar-refractivity contribution in [3.8, 4) is 17.2 Å². The first-order chi connectivity index (χ1) is 15.2. The van der Waals surface area contributed by atoms with Gasteiger partial charge in [-0.25, -0.2) is 0 Å². The first-order valence-corrected chi connectivity index (χ1v) is 10.2. The van der Waals surface area contributed by atoms with E-state index in [4.69, 9.17) is 15.3 Å². The number of phenols is 3. The normalized spacial score (nSPS) is 9.59. The molecule has 164 valence electrons. The molecule has 4 nitrogen and oxygen atoms in total. The molecule has 0 unspecified atom stereocenters. The maximum absolute atomic E-state index is 11.9. The van der Waals surface area contributed by atoms with Gasteiger partial charge in [-0.05, 0) is 81.4 Å². The number of hydrogen-bond donors (Lipinski definition) is 3. The van der Waals surface area contributed by atoms with Crippen LogP contribution in [0.1, 0.15) is 32.6 Å². The maximum Gasteiger partial charge on any atom is 0.193 e. The topological polar surface area (TPSA) is 77.8 Å². The van der Waals surface area contributed by atoms with Gasteiger partial charge in [0.05, 0.1) is 0 Å². The number of rotatable bonds is 2. The number of aryl methyl sites for hydroxylation is 3. The van der Waals surface area contributed by atoms with E-state index < -0.39 is 0 Å². The Balaban J connectivity index is 0.000000190. The van der Waals surface area contributed by atoms with Crippen LogP contribution in [-0.4, -0.2) is 21.1 Å².